The summed E-state index contributed by atoms with van der Waals surface area (Å²) in [5, 5.41) is 11.4. The molecule has 1 aromatic heterocycles. The highest BCUT2D eigenvalue weighted by molar-refractivity contribution is 5.94. The van der Waals surface area contributed by atoms with Crippen molar-refractivity contribution in [3.05, 3.63) is 65.5 Å². The normalized spacial score (nSPS) is 9.45. The van der Waals surface area contributed by atoms with Crippen molar-refractivity contribution in [1.82, 2.24) is 10.3 Å². The van der Waals surface area contributed by atoms with E-state index in [0.717, 1.165) is 11.1 Å². The average Bonchev–Trinajstić information content (AvgIpc) is 2.52. The van der Waals surface area contributed by atoms with Gasteiger partial charge in [0.15, 0.2) is 0 Å². The highest BCUT2D eigenvalue weighted by Crippen LogP contribution is 2.04. The number of carbonyl (C=O) groups is 1. The van der Waals surface area contributed by atoms with Crippen LogP contribution >= 0.6 is 0 Å². The molecule has 0 saturated carbocycles. The van der Waals surface area contributed by atoms with Crippen LogP contribution in [0.25, 0.3) is 0 Å². The molecule has 0 radical (unpaired) electrons. The Morgan fingerprint density at radius 3 is 2.70 bits per heavy atom. The van der Waals surface area contributed by atoms with Gasteiger partial charge in [-0.2, -0.15) is 0 Å². The number of aromatic nitrogens is 1. The van der Waals surface area contributed by atoms with Crippen LogP contribution in [-0.4, -0.2) is 22.6 Å². The Hall–Kier alpha value is -2.64. The lowest BCUT2D eigenvalue weighted by Gasteiger charge is -2.05. The first kappa shape index (κ1) is 13.8. The fraction of sp³-hybridized carbons (Fsp3) is 0.125. The van der Waals surface area contributed by atoms with Gasteiger partial charge in [0.25, 0.3) is 5.91 Å². The van der Waals surface area contributed by atoms with Gasteiger partial charge in [-0.1, -0.05) is 17.9 Å². The van der Waals surface area contributed by atoms with E-state index in [0.29, 0.717) is 12.1 Å². The molecule has 2 rings (SSSR count). The van der Waals surface area contributed by atoms with E-state index in [4.69, 9.17) is 5.11 Å². The lowest BCUT2D eigenvalue weighted by molar-refractivity contribution is 0.0951. The first-order valence-corrected chi connectivity index (χ1v) is 6.16. The van der Waals surface area contributed by atoms with Crippen LogP contribution in [0.15, 0.2) is 48.8 Å². The minimum Gasteiger partial charge on any atom is -0.384 e. The monoisotopic (exact) mass is 266 g/mol. The van der Waals surface area contributed by atoms with Gasteiger partial charge in [-0.25, -0.2) is 0 Å². The Morgan fingerprint density at radius 1 is 1.25 bits per heavy atom. The van der Waals surface area contributed by atoms with Crippen LogP contribution < -0.4 is 5.32 Å². The summed E-state index contributed by atoms with van der Waals surface area (Å²) in [6, 6.07) is 10.7. The molecule has 0 spiro atoms. The average molecular weight is 266 g/mol. The van der Waals surface area contributed by atoms with Crippen LogP contribution in [0.5, 0.6) is 0 Å². The van der Waals surface area contributed by atoms with E-state index in [1.807, 2.05) is 12.1 Å². The number of carbonyl (C=O) groups excluding carboxylic acids is 1. The summed E-state index contributed by atoms with van der Waals surface area (Å²) in [6.07, 6.45) is 3.41. The lowest BCUT2D eigenvalue weighted by atomic mass is 10.1. The SMILES string of the molecule is O=C(NCc1cccnc1)c1ccc(C#CCO)cc1. The summed E-state index contributed by atoms with van der Waals surface area (Å²) in [7, 11) is 0. The molecule has 20 heavy (non-hydrogen) atoms. The van der Waals surface area contributed by atoms with Gasteiger partial charge in [-0.05, 0) is 35.9 Å². The number of benzene rings is 1. The third kappa shape index (κ3) is 3.94. The number of aliphatic hydroxyl groups is 1. The molecule has 0 unspecified atom stereocenters. The molecule has 2 aromatic rings. The number of nitrogens with zero attached hydrogens (tertiary/aromatic N) is 1. The van der Waals surface area contributed by atoms with Gasteiger partial charge < -0.3 is 10.4 Å². The molecule has 100 valence electrons. The molecule has 0 aliphatic rings. The molecule has 1 amide bonds. The van der Waals surface area contributed by atoms with Crippen molar-refractivity contribution in [1.29, 1.82) is 0 Å². The van der Waals surface area contributed by atoms with Crippen LogP contribution in [0.2, 0.25) is 0 Å². The largest absolute Gasteiger partial charge is 0.384 e. The molecular weight excluding hydrogens is 252 g/mol. The molecule has 4 heteroatoms. The number of amides is 1. The molecule has 1 heterocycles. The number of hydrogen-bond acceptors (Lipinski definition) is 3. The van der Waals surface area contributed by atoms with Crippen molar-refractivity contribution >= 4 is 5.91 Å². The van der Waals surface area contributed by atoms with Gasteiger partial charge in [0.2, 0.25) is 0 Å². The van der Waals surface area contributed by atoms with E-state index in [9.17, 15) is 4.79 Å². The summed E-state index contributed by atoms with van der Waals surface area (Å²) in [6.45, 7) is 0.270. The minimum atomic E-state index is -0.173. The van der Waals surface area contributed by atoms with E-state index >= 15 is 0 Å². The van der Waals surface area contributed by atoms with Crippen LogP contribution in [0.1, 0.15) is 21.5 Å². The second kappa shape index (κ2) is 7.07. The number of rotatable bonds is 3. The Labute approximate surface area is 117 Å². The number of nitrogens with one attached hydrogen (secondary N) is 1. The molecule has 0 atom stereocenters. The Bertz CT molecular complexity index is 625. The van der Waals surface area contributed by atoms with E-state index < -0.39 is 0 Å². The number of aliphatic hydroxyl groups excluding tert-OH is 1. The van der Waals surface area contributed by atoms with Gasteiger partial charge in [-0.15, -0.1) is 0 Å². The first-order chi connectivity index (χ1) is 9.79. The van der Waals surface area contributed by atoms with Crippen molar-refractivity contribution in [2.24, 2.45) is 0 Å². The van der Waals surface area contributed by atoms with Crippen LogP contribution in [0.4, 0.5) is 0 Å². The minimum absolute atomic E-state index is 0.143. The predicted octanol–water partition coefficient (Wildman–Crippen LogP) is 1.36. The van der Waals surface area contributed by atoms with E-state index in [1.165, 1.54) is 0 Å². The van der Waals surface area contributed by atoms with E-state index in [-0.39, 0.29) is 12.5 Å². The first-order valence-electron chi connectivity index (χ1n) is 6.16. The van der Waals surface area contributed by atoms with Crippen LogP contribution in [0.3, 0.4) is 0 Å². The third-order valence-electron chi connectivity index (χ3n) is 2.63. The van der Waals surface area contributed by atoms with Gasteiger partial charge >= 0.3 is 0 Å². The van der Waals surface area contributed by atoms with Crippen molar-refractivity contribution in [2.45, 2.75) is 6.54 Å². The topological polar surface area (TPSA) is 62.2 Å². The van der Waals surface area contributed by atoms with Crippen LogP contribution in [-0.2, 0) is 6.54 Å². The number of pyridine rings is 1. The fourth-order valence-corrected chi connectivity index (χ4v) is 1.63. The second-order valence-corrected chi connectivity index (χ2v) is 4.08. The van der Waals surface area contributed by atoms with Gasteiger partial charge in [0.05, 0.1) is 0 Å². The highest BCUT2D eigenvalue weighted by Gasteiger charge is 2.04. The predicted molar refractivity (Wildman–Crippen MR) is 75.8 cm³/mol. The summed E-state index contributed by atoms with van der Waals surface area (Å²) >= 11 is 0. The maximum atomic E-state index is 11.9. The smallest absolute Gasteiger partial charge is 0.251 e. The summed E-state index contributed by atoms with van der Waals surface area (Å²) in [5.74, 6) is 5.19. The van der Waals surface area contributed by atoms with Crippen molar-refractivity contribution in [3.63, 3.8) is 0 Å². The molecular formula is C16H14N2O2. The quantitative estimate of drug-likeness (QED) is 0.824. The van der Waals surface area contributed by atoms with E-state index in [1.54, 1.807) is 36.7 Å². The summed E-state index contributed by atoms with van der Waals surface area (Å²) in [4.78, 5) is 15.9. The molecule has 0 aliphatic carbocycles. The lowest BCUT2D eigenvalue weighted by Crippen LogP contribution is -2.22. The second-order valence-electron chi connectivity index (χ2n) is 4.08. The Balaban J connectivity index is 1.96. The Morgan fingerprint density at radius 2 is 2.05 bits per heavy atom. The summed E-state index contributed by atoms with van der Waals surface area (Å²) < 4.78 is 0. The molecule has 0 bridgehead atoms. The zero-order valence-electron chi connectivity index (χ0n) is 10.8. The molecule has 0 fully saturated rings. The maximum Gasteiger partial charge on any atom is 0.251 e. The molecule has 1 aromatic carbocycles. The van der Waals surface area contributed by atoms with E-state index in [2.05, 4.69) is 22.1 Å². The van der Waals surface area contributed by atoms with Crippen LogP contribution in [0, 0.1) is 11.8 Å². The maximum absolute atomic E-state index is 11.9. The van der Waals surface area contributed by atoms with Gasteiger partial charge in [-0.3, -0.25) is 9.78 Å². The third-order valence-corrected chi connectivity index (χ3v) is 2.63. The van der Waals surface area contributed by atoms with Gasteiger partial charge in [0, 0.05) is 30.1 Å². The summed E-state index contributed by atoms with van der Waals surface area (Å²) in [5.41, 5.74) is 2.29. The van der Waals surface area contributed by atoms with Crippen molar-refractivity contribution in [3.8, 4) is 11.8 Å². The molecule has 0 saturated heterocycles. The molecule has 0 aliphatic heterocycles. The fourth-order valence-electron chi connectivity index (χ4n) is 1.63. The zero-order chi connectivity index (χ0) is 14.2. The Kier molecular flexibility index (Phi) is 4.87. The zero-order valence-corrected chi connectivity index (χ0v) is 10.8. The van der Waals surface area contributed by atoms with Crippen molar-refractivity contribution < 1.29 is 9.90 Å². The molecule has 2 N–H and O–H groups in total. The van der Waals surface area contributed by atoms with Gasteiger partial charge in [0.1, 0.15) is 6.61 Å². The van der Waals surface area contributed by atoms with Crippen molar-refractivity contribution in [2.75, 3.05) is 6.61 Å². The standard InChI is InChI=1S/C16H14N2O2/c19-10-2-4-13-5-7-15(8-6-13)16(20)18-12-14-3-1-9-17-11-14/h1,3,5-9,11,19H,10,12H2,(H,18,20). The molecule has 4 nitrogen and oxygen atoms in total. The number of hydrogen-bond donors (Lipinski definition) is 2. The highest BCUT2D eigenvalue weighted by atomic mass is 16.2.